The monoisotopic (exact) mass is 270 g/mol. The Bertz CT molecular complexity index is 515. The number of hydrogen-bond donors (Lipinski definition) is 1. The first-order valence-electron chi connectivity index (χ1n) is 3.96. The van der Waals surface area contributed by atoms with Crippen LogP contribution in [0.5, 0.6) is 5.88 Å². The lowest BCUT2D eigenvalue weighted by molar-refractivity contribution is -0.390. The molecule has 1 N–H and O–H groups in total. The number of alkyl halides is 3. The van der Waals surface area contributed by atoms with Crippen LogP contribution >= 0.6 is 0 Å². The van der Waals surface area contributed by atoms with Crippen LogP contribution in [0.25, 0.3) is 0 Å². The van der Waals surface area contributed by atoms with E-state index < -0.39 is 40.3 Å². The van der Waals surface area contributed by atoms with Gasteiger partial charge in [0.2, 0.25) is 5.82 Å². The molecular formula is C7H2F4N2O5. The van der Waals surface area contributed by atoms with Gasteiger partial charge in [-0.2, -0.15) is 4.39 Å². The number of nitrogens with zero attached hydrogens (tertiary/aromatic N) is 2. The number of nitro groups is 1. The van der Waals surface area contributed by atoms with Gasteiger partial charge in [0.15, 0.2) is 5.56 Å². The van der Waals surface area contributed by atoms with Crippen molar-refractivity contribution in [3.05, 3.63) is 27.6 Å². The van der Waals surface area contributed by atoms with Crippen molar-refractivity contribution in [3.8, 4) is 5.88 Å². The first kappa shape index (κ1) is 13.6. The molecule has 1 heterocycles. The maximum atomic E-state index is 13.0. The summed E-state index contributed by atoms with van der Waals surface area (Å²) in [5, 5.41) is 18.9. The average molecular weight is 270 g/mol. The van der Waals surface area contributed by atoms with Crippen molar-refractivity contribution >= 4 is 11.8 Å². The summed E-state index contributed by atoms with van der Waals surface area (Å²) in [4.78, 5) is 22.1. The number of carboxylic acid groups (broad SMARTS) is 1. The number of carbonyl (C=O) groups is 1. The van der Waals surface area contributed by atoms with E-state index >= 15 is 0 Å². The predicted octanol–water partition coefficient (Wildman–Crippen LogP) is 1.73. The summed E-state index contributed by atoms with van der Waals surface area (Å²) >= 11 is 0. The second-order valence-electron chi connectivity index (χ2n) is 2.76. The third kappa shape index (κ3) is 3.02. The minimum absolute atomic E-state index is 0.0224. The van der Waals surface area contributed by atoms with E-state index in [9.17, 15) is 32.5 Å². The molecule has 0 aliphatic carbocycles. The van der Waals surface area contributed by atoms with Gasteiger partial charge in [-0.15, -0.1) is 13.2 Å². The largest absolute Gasteiger partial charge is 0.575 e. The molecule has 0 bridgehead atoms. The minimum Gasteiger partial charge on any atom is -0.477 e. The number of aromatic nitrogens is 1. The zero-order valence-corrected chi connectivity index (χ0v) is 8.06. The molecule has 0 aliphatic heterocycles. The first-order valence-corrected chi connectivity index (χ1v) is 3.96. The fraction of sp³-hybridized carbons (Fsp3) is 0.143. The normalized spacial score (nSPS) is 11.1. The molecule has 0 unspecified atom stereocenters. The van der Waals surface area contributed by atoms with Crippen LogP contribution in [0.3, 0.4) is 0 Å². The first-order chi connectivity index (χ1) is 8.11. The van der Waals surface area contributed by atoms with Crippen LogP contribution < -0.4 is 4.74 Å². The van der Waals surface area contributed by atoms with Crippen LogP contribution in [0.4, 0.5) is 23.4 Å². The Balaban J connectivity index is 3.36. The molecule has 0 radical (unpaired) electrons. The van der Waals surface area contributed by atoms with Gasteiger partial charge in [0.05, 0.1) is 0 Å². The third-order valence-corrected chi connectivity index (χ3v) is 1.54. The Morgan fingerprint density at radius 3 is 2.44 bits per heavy atom. The molecule has 0 saturated heterocycles. The topological polar surface area (TPSA) is 103 Å². The van der Waals surface area contributed by atoms with Gasteiger partial charge >= 0.3 is 24.0 Å². The third-order valence-electron chi connectivity index (χ3n) is 1.54. The number of carboxylic acids is 1. The summed E-state index contributed by atoms with van der Waals surface area (Å²) < 4.78 is 51.5. The van der Waals surface area contributed by atoms with Gasteiger partial charge < -0.3 is 20.0 Å². The number of aromatic carboxylic acids is 1. The van der Waals surface area contributed by atoms with E-state index in [0.717, 1.165) is 0 Å². The van der Waals surface area contributed by atoms with Crippen molar-refractivity contribution in [1.82, 2.24) is 4.98 Å². The molecule has 18 heavy (non-hydrogen) atoms. The van der Waals surface area contributed by atoms with E-state index in [4.69, 9.17) is 5.11 Å². The molecule has 0 atom stereocenters. The van der Waals surface area contributed by atoms with Crippen LogP contribution in [0.1, 0.15) is 10.4 Å². The molecule has 7 nitrogen and oxygen atoms in total. The Kier molecular flexibility index (Phi) is 3.35. The number of halogens is 4. The molecular weight excluding hydrogens is 268 g/mol. The SMILES string of the molecule is O=C(O)c1cc(F)c(OC(F)(F)F)nc1[N+](=O)[O-]. The summed E-state index contributed by atoms with van der Waals surface area (Å²) in [5.41, 5.74) is -1.19. The van der Waals surface area contributed by atoms with Gasteiger partial charge in [0.25, 0.3) is 0 Å². The van der Waals surface area contributed by atoms with Gasteiger partial charge in [-0.1, -0.05) is 0 Å². The molecule has 0 spiro atoms. The molecule has 98 valence electrons. The fourth-order valence-corrected chi connectivity index (χ4v) is 0.941. The highest BCUT2D eigenvalue weighted by molar-refractivity contribution is 5.91. The van der Waals surface area contributed by atoms with Crippen LogP contribution in [-0.2, 0) is 0 Å². The summed E-state index contributed by atoms with van der Waals surface area (Å²) in [6.07, 6.45) is -5.31. The van der Waals surface area contributed by atoms with Crippen molar-refractivity contribution < 1.29 is 37.1 Å². The number of rotatable bonds is 3. The second-order valence-corrected chi connectivity index (χ2v) is 2.76. The molecule has 1 aromatic rings. The Morgan fingerprint density at radius 2 is 2.06 bits per heavy atom. The predicted molar refractivity (Wildman–Crippen MR) is 44.5 cm³/mol. The van der Waals surface area contributed by atoms with E-state index in [1.165, 1.54) is 0 Å². The van der Waals surface area contributed by atoms with Crippen LogP contribution in [-0.4, -0.2) is 27.3 Å². The van der Waals surface area contributed by atoms with Crippen LogP contribution in [0.2, 0.25) is 0 Å². The molecule has 0 saturated carbocycles. The van der Waals surface area contributed by atoms with Gasteiger partial charge in [-0.3, -0.25) is 0 Å². The minimum atomic E-state index is -5.31. The lowest BCUT2D eigenvalue weighted by atomic mass is 10.2. The van der Waals surface area contributed by atoms with Crippen LogP contribution in [0.15, 0.2) is 6.07 Å². The van der Waals surface area contributed by atoms with Crippen molar-refractivity contribution in [1.29, 1.82) is 0 Å². The van der Waals surface area contributed by atoms with Crippen molar-refractivity contribution in [3.63, 3.8) is 0 Å². The Labute approximate surface area is 94.8 Å². The average Bonchev–Trinajstić information content (AvgIpc) is 2.17. The molecule has 1 aromatic heterocycles. The molecule has 1 rings (SSSR count). The van der Waals surface area contributed by atoms with Gasteiger partial charge in [0, 0.05) is 11.1 Å². The molecule has 0 fully saturated rings. The zero-order chi connectivity index (χ0) is 14.1. The van der Waals surface area contributed by atoms with E-state index in [1.54, 1.807) is 0 Å². The van der Waals surface area contributed by atoms with Crippen molar-refractivity contribution in [2.45, 2.75) is 6.36 Å². The standard InChI is InChI=1S/C7H2F4N2O5/c8-3-1-2(6(14)15)4(13(16)17)12-5(3)18-7(9,10)11/h1H,(H,14,15). The molecule has 0 amide bonds. The number of pyridine rings is 1. The quantitative estimate of drug-likeness (QED) is 0.509. The summed E-state index contributed by atoms with van der Waals surface area (Å²) in [6.45, 7) is 0. The maximum Gasteiger partial charge on any atom is 0.575 e. The fourth-order valence-electron chi connectivity index (χ4n) is 0.941. The lowest BCUT2D eigenvalue weighted by Gasteiger charge is -2.06. The number of hydrogen-bond acceptors (Lipinski definition) is 5. The lowest BCUT2D eigenvalue weighted by Crippen LogP contribution is -2.20. The Hall–Kier alpha value is -2.46. The van der Waals surface area contributed by atoms with E-state index in [1.807, 2.05) is 0 Å². The van der Waals surface area contributed by atoms with E-state index in [-0.39, 0.29) is 6.07 Å². The molecule has 0 aliphatic rings. The van der Waals surface area contributed by atoms with Gasteiger partial charge in [0.1, 0.15) is 0 Å². The van der Waals surface area contributed by atoms with Crippen LogP contribution in [0, 0.1) is 15.9 Å². The second kappa shape index (κ2) is 4.43. The van der Waals surface area contributed by atoms with Crippen molar-refractivity contribution in [2.24, 2.45) is 0 Å². The molecule has 0 aromatic carbocycles. The smallest absolute Gasteiger partial charge is 0.477 e. The Morgan fingerprint density at radius 1 is 1.50 bits per heavy atom. The number of ether oxygens (including phenoxy) is 1. The summed E-state index contributed by atoms with van der Waals surface area (Å²) in [5.74, 6) is -6.87. The summed E-state index contributed by atoms with van der Waals surface area (Å²) in [6, 6.07) is 0.0224. The highest BCUT2D eigenvalue weighted by atomic mass is 19.4. The highest BCUT2D eigenvalue weighted by Crippen LogP contribution is 2.28. The zero-order valence-electron chi connectivity index (χ0n) is 8.06. The van der Waals surface area contributed by atoms with Gasteiger partial charge in [-0.05, 0) is 4.92 Å². The maximum absolute atomic E-state index is 13.0. The molecule has 11 heteroatoms. The van der Waals surface area contributed by atoms with Gasteiger partial charge in [-0.25, -0.2) is 4.79 Å². The summed E-state index contributed by atoms with van der Waals surface area (Å²) in [7, 11) is 0. The van der Waals surface area contributed by atoms with E-state index in [0.29, 0.717) is 0 Å². The highest BCUT2D eigenvalue weighted by Gasteiger charge is 2.37. The van der Waals surface area contributed by atoms with E-state index in [2.05, 4.69) is 9.72 Å². The van der Waals surface area contributed by atoms with Crippen molar-refractivity contribution in [2.75, 3.05) is 0 Å².